The van der Waals surface area contributed by atoms with Crippen LogP contribution in [0.15, 0.2) is 48.5 Å². The molecule has 0 aliphatic heterocycles. The van der Waals surface area contributed by atoms with Crippen LogP contribution in [0.1, 0.15) is 89.9 Å². The molecule has 0 heterocycles. The monoisotopic (exact) mass is 656 g/mol. The smallest absolute Gasteiger partial charge is 0.338 e. The van der Waals surface area contributed by atoms with Gasteiger partial charge in [0.25, 0.3) is 11.8 Å². The number of hydrogen-bond acceptors (Lipinski definition) is 12. The number of Topliss-reactive ketones (excluding diaryl/α,β-unsaturated/α-hetero) is 3. The van der Waals surface area contributed by atoms with E-state index < -0.39 is 72.1 Å². The van der Waals surface area contributed by atoms with Gasteiger partial charge in [0, 0.05) is 12.7 Å². The van der Waals surface area contributed by atoms with Crippen molar-refractivity contribution in [1.82, 2.24) is 10.6 Å². The van der Waals surface area contributed by atoms with Gasteiger partial charge in [-0.25, -0.2) is 14.4 Å². The van der Waals surface area contributed by atoms with Crippen molar-refractivity contribution in [3.05, 3.63) is 70.8 Å². The normalized spacial score (nSPS) is 12.9. The zero-order chi connectivity index (χ0) is 34.6. The van der Waals surface area contributed by atoms with E-state index in [1.54, 1.807) is 0 Å². The predicted octanol–water partition coefficient (Wildman–Crippen LogP) is 2.61. The third-order valence-electron chi connectivity index (χ3n) is 6.61. The lowest BCUT2D eigenvalue weighted by Crippen LogP contribution is -2.45. The molecule has 2 rings (SSSR count). The minimum absolute atomic E-state index is 0. The van der Waals surface area contributed by atoms with Crippen molar-refractivity contribution in [3.8, 4) is 0 Å². The molecule has 14 nitrogen and oxygen atoms in total. The van der Waals surface area contributed by atoms with E-state index in [0.29, 0.717) is 5.56 Å². The lowest BCUT2D eigenvalue weighted by Gasteiger charge is -2.16. The van der Waals surface area contributed by atoms with Crippen LogP contribution in [0.2, 0.25) is 0 Å². The number of esters is 3. The Bertz CT molecular complexity index is 1470. The Morgan fingerprint density at radius 2 is 0.872 bits per heavy atom. The van der Waals surface area contributed by atoms with Gasteiger partial charge in [0.2, 0.25) is 0 Å². The lowest BCUT2D eigenvalue weighted by atomic mass is 10.1. The summed E-state index contributed by atoms with van der Waals surface area (Å²) in [5, 5.41) is 4.73. The van der Waals surface area contributed by atoms with Gasteiger partial charge in [0.15, 0.2) is 35.7 Å². The van der Waals surface area contributed by atoms with Gasteiger partial charge in [0.1, 0.15) is 6.10 Å². The predicted molar refractivity (Wildman–Crippen MR) is 167 cm³/mol. The summed E-state index contributed by atoms with van der Waals surface area (Å²) in [6.45, 7) is 6.50. The van der Waals surface area contributed by atoms with Gasteiger partial charge in [-0.3, -0.25) is 24.0 Å². The average Bonchev–Trinajstić information content (AvgIpc) is 3.03. The Kier molecular flexibility index (Phi) is 15.8. The van der Waals surface area contributed by atoms with Crippen LogP contribution in [-0.4, -0.2) is 85.3 Å². The SMILES string of the molecule is C.COC(C)C(=O)CC(=O)C(C)OC(=O)c1ccc(C(=O)OC(C)C(=O)NCNC(=O)C(C)OC(=O)c2ccc(C(C)=O)cc2)cc1. The summed E-state index contributed by atoms with van der Waals surface area (Å²) in [4.78, 5) is 97.2. The van der Waals surface area contributed by atoms with E-state index in [1.807, 2.05) is 0 Å². The van der Waals surface area contributed by atoms with Gasteiger partial charge >= 0.3 is 17.9 Å². The molecule has 2 aromatic rings. The summed E-state index contributed by atoms with van der Waals surface area (Å²) in [7, 11) is 1.33. The number of nitrogens with one attached hydrogen (secondary N) is 2. The van der Waals surface area contributed by atoms with Crippen molar-refractivity contribution < 1.29 is 57.3 Å². The molecule has 0 saturated heterocycles. The number of rotatable bonds is 16. The highest BCUT2D eigenvalue weighted by Crippen LogP contribution is 2.12. The molecule has 254 valence electrons. The number of ketones is 3. The first-order valence-electron chi connectivity index (χ1n) is 14.1. The van der Waals surface area contributed by atoms with Gasteiger partial charge in [-0.2, -0.15) is 0 Å². The molecule has 2 N–H and O–H groups in total. The number of benzene rings is 2. The fourth-order valence-corrected chi connectivity index (χ4v) is 3.54. The van der Waals surface area contributed by atoms with Gasteiger partial charge < -0.3 is 29.6 Å². The fraction of sp³-hybridized carbons (Fsp3) is 0.394. The molecule has 4 atom stereocenters. The summed E-state index contributed by atoms with van der Waals surface area (Å²) >= 11 is 0. The molecule has 2 amide bonds. The summed E-state index contributed by atoms with van der Waals surface area (Å²) < 4.78 is 20.2. The van der Waals surface area contributed by atoms with Crippen LogP contribution in [-0.2, 0) is 38.1 Å². The third-order valence-corrected chi connectivity index (χ3v) is 6.61. The number of amides is 2. The zero-order valence-corrected chi connectivity index (χ0v) is 26.2. The van der Waals surface area contributed by atoms with Gasteiger partial charge in [0.05, 0.1) is 29.8 Å². The molecule has 0 saturated carbocycles. The van der Waals surface area contributed by atoms with Crippen molar-refractivity contribution in [2.24, 2.45) is 0 Å². The first-order valence-corrected chi connectivity index (χ1v) is 14.1. The van der Waals surface area contributed by atoms with Crippen molar-refractivity contribution >= 4 is 47.1 Å². The topological polar surface area (TPSA) is 198 Å². The molecule has 0 fully saturated rings. The average molecular weight is 657 g/mol. The summed E-state index contributed by atoms with van der Waals surface area (Å²) in [6, 6.07) is 10.8. The molecule has 4 unspecified atom stereocenters. The standard InChI is InChI=1S/C32H36N2O12.CH4/c1-17(35)22-7-9-23(10-8-22)31(41)45-20(4)28(38)33-16-34-29(39)21(5)46-32(42)25-13-11-24(12-14-25)30(40)44-19(3)27(37)15-26(36)18(2)43-6;/h7-14,18-21H,15-16H2,1-6H3,(H,33,38)(H,34,39);1H4. The number of methoxy groups -OCH3 is 1. The molecule has 0 aromatic heterocycles. The largest absolute Gasteiger partial charge is 0.451 e. The highest BCUT2D eigenvalue weighted by Gasteiger charge is 2.25. The van der Waals surface area contributed by atoms with E-state index in [1.165, 1.54) is 90.3 Å². The molecule has 14 heteroatoms. The van der Waals surface area contributed by atoms with Crippen molar-refractivity contribution in [1.29, 1.82) is 0 Å². The van der Waals surface area contributed by atoms with Gasteiger partial charge in [-0.1, -0.05) is 19.6 Å². The van der Waals surface area contributed by atoms with Crippen LogP contribution in [0, 0.1) is 0 Å². The minimum Gasteiger partial charge on any atom is -0.451 e. The molecule has 0 radical (unpaired) electrons. The zero-order valence-electron chi connectivity index (χ0n) is 26.2. The molecule has 0 aliphatic carbocycles. The number of hydrogen-bond donors (Lipinski definition) is 2. The van der Waals surface area contributed by atoms with Crippen molar-refractivity contribution in [2.75, 3.05) is 13.8 Å². The van der Waals surface area contributed by atoms with E-state index >= 15 is 0 Å². The van der Waals surface area contributed by atoms with E-state index in [0.717, 1.165) is 0 Å². The van der Waals surface area contributed by atoms with Crippen LogP contribution in [0.4, 0.5) is 0 Å². The Labute approximate surface area is 272 Å². The van der Waals surface area contributed by atoms with Crippen molar-refractivity contribution in [3.63, 3.8) is 0 Å². The highest BCUT2D eigenvalue weighted by atomic mass is 16.6. The maximum Gasteiger partial charge on any atom is 0.338 e. The Balaban J connectivity index is 0.0000110. The fourth-order valence-electron chi connectivity index (χ4n) is 3.54. The Morgan fingerprint density at radius 1 is 0.553 bits per heavy atom. The maximum absolute atomic E-state index is 12.5. The van der Waals surface area contributed by atoms with E-state index in [-0.39, 0.29) is 36.6 Å². The maximum atomic E-state index is 12.5. The van der Waals surface area contributed by atoms with Crippen molar-refractivity contribution in [2.45, 2.75) is 72.9 Å². The molecular formula is C33H40N2O12. The second-order valence-electron chi connectivity index (χ2n) is 10.1. The number of carbonyl (C=O) groups excluding carboxylic acids is 8. The van der Waals surface area contributed by atoms with Gasteiger partial charge in [-0.05, 0) is 71.0 Å². The molecule has 0 aliphatic rings. The molecule has 47 heavy (non-hydrogen) atoms. The van der Waals surface area contributed by atoms with Crippen LogP contribution in [0.3, 0.4) is 0 Å². The summed E-state index contributed by atoms with van der Waals surface area (Å²) in [6.07, 6.45) is -4.89. The molecule has 2 aromatic carbocycles. The molecular weight excluding hydrogens is 616 g/mol. The summed E-state index contributed by atoms with van der Waals surface area (Å²) in [5.74, 6) is -5.16. The number of ether oxygens (including phenoxy) is 4. The van der Waals surface area contributed by atoms with E-state index in [9.17, 15) is 38.4 Å². The van der Waals surface area contributed by atoms with E-state index in [2.05, 4.69) is 10.6 Å². The Hall–Kier alpha value is -5.24. The first-order chi connectivity index (χ1) is 21.6. The van der Waals surface area contributed by atoms with E-state index in [4.69, 9.17) is 18.9 Å². The Morgan fingerprint density at radius 3 is 1.21 bits per heavy atom. The first kappa shape index (κ1) is 39.8. The minimum atomic E-state index is -1.27. The second-order valence-corrected chi connectivity index (χ2v) is 10.1. The van der Waals surface area contributed by atoms with Gasteiger partial charge in [-0.15, -0.1) is 0 Å². The highest BCUT2D eigenvalue weighted by molar-refractivity contribution is 6.04. The number of carbonyl (C=O) groups is 8. The lowest BCUT2D eigenvalue weighted by molar-refractivity contribution is -0.136. The molecule has 0 bridgehead atoms. The third kappa shape index (κ3) is 12.2. The van der Waals surface area contributed by atoms with Crippen LogP contribution in [0.25, 0.3) is 0 Å². The molecule has 0 spiro atoms. The quantitative estimate of drug-likeness (QED) is 0.0882. The second kappa shape index (κ2) is 18.7. The van der Waals surface area contributed by atoms with Crippen LogP contribution >= 0.6 is 0 Å². The van der Waals surface area contributed by atoms with Crippen LogP contribution in [0.5, 0.6) is 0 Å². The summed E-state index contributed by atoms with van der Waals surface area (Å²) in [5.41, 5.74) is 0.602. The van der Waals surface area contributed by atoms with Crippen LogP contribution < -0.4 is 10.6 Å².